The fourth-order valence-corrected chi connectivity index (χ4v) is 2.62. The number of carbonyl (C=O) groups is 2. The Labute approximate surface area is 137 Å². The summed E-state index contributed by atoms with van der Waals surface area (Å²) in [6.45, 7) is 2.16. The van der Waals surface area contributed by atoms with Crippen molar-refractivity contribution >= 4 is 39.5 Å². The second-order valence-corrected chi connectivity index (χ2v) is 6.35. The Morgan fingerprint density at radius 1 is 1.14 bits per heavy atom. The van der Waals surface area contributed by atoms with Gasteiger partial charge in [0.25, 0.3) is 5.91 Å². The van der Waals surface area contributed by atoms with Gasteiger partial charge in [0.05, 0.1) is 5.02 Å². The predicted molar refractivity (Wildman–Crippen MR) is 85.7 cm³/mol. The molecule has 1 saturated heterocycles. The number of halogens is 2. The highest BCUT2D eigenvalue weighted by Crippen LogP contribution is 2.24. The van der Waals surface area contributed by atoms with Gasteiger partial charge in [0.1, 0.15) is 0 Å². The number of hydrogen-bond acceptors (Lipinski definition) is 2. The number of benzene rings is 1. The minimum Gasteiger partial charge on any atom is -0.335 e. The molecule has 1 aromatic carbocycles. The molecule has 0 aromatic heterocycles. The van der Waals surface area contributed by atoms with Crippen LogP contribution in [0.1, 0.15) is 10.4 Å². The molecule has 0 radical (unpaired) electrons. The lowest BCUT2D eigenvalue weighted by atomic mass is 10.2. The van der Waals surface area contributed by atoms with Crippen LogP contribution in [0.15, 0.2) is 22.7 Å². The SMILES string of the molecule is CN(C)C(=O)N1CCN(C(=O)c2ccc(Br)c(Cl)c2)CC1. The summed E-state index contributed by atoms with van der Waals surface area (Å²) in [6.07, 6.45) is 0. The highest BCUT2D eigenvalue weighted by Gasteiger charge is 2.25. The smallest absolute Gasteiger partial charge is 0.319 e. The molecule has 2 rings (SSSR count). The largest absolute Gasteiger partial charge is 0.335 e. The van der Waals surface area contributed by atoms with Gasteiger partial charge >= 0.3 is 6.03 Å². The Morgan fingerprint density at radius 3 is 2.24 bits per heavy atom. The molecule has 1 fully saturated rings. The van der Waals surface area contributed by atoms with E-state index in [1.165, 1.54) is 0 Å². The Morgan fingerprint density at radius 2 is 1.71 bits per heavy atom. The third kappa shape index (κ3) is 3.68. The lowest BCUT2D eigenvalue weighted by molar-refractivity contribution is 0.0650. The molecule has 0 spiro atoms. The number of amides is 3. The van der Waals surface area contributed by atoms with Crippen LogP contribution in [0.5, 0.6) is 0 Å². The maximum Gasteiger partial charge on any atom is 0.319 e. The summed E-state index contributed by atoms with van der Waals surface area (Å²) in [7, 11) is 3.45. The number of carbonyl (C=O) groups excluding carboxylic acids is 2. The van der Waals surface area contributed by atoms with Crippen molar-refractivity contribution in [2.45, 2.75) is 0 Å². The molecule has 0 atom stereocenters. The number of piperazine rings is 1. The summed E-state index contributed by atoms with van der Waals surface area (Å²) < 4.78 is 0.766. The molecule has 5 nitrogen and oxygen atoms in total. The fraction of sp³-hybridized carbons (Fsp3) is 0.429. The second-order valence-electron chi connectivity index (χ2n) is 5.09. The summed E-state index contributed by atoms with van der Waals surface area (Å²) in [4.78, 5) is 29.3. The van der Waals surface area contributed by atoms with Gasteiger partial charge in [-0.05, 0) is 34.1 Å². The number of urea groups is 1. The van der Waals surface area contributed by atoms with Crippen molar-refractivity contribution < 1.29 is 9.59 Å². The molecule has 3 amide bonds. The van der Waals surface area contributed by atoms with E-state index in [2.05, 4.69) is 15.9 Å². The molecular formula is C14H17BrClN3O2. The quantitative estimate of drug-likeness (QED) is 0.758. The van der Waals surface area contributed by atoms with E-state index in [0.717, 1.165) is 4.47 Å². The van der Waals surface area contributed by atoms with Crippen molar-refractivity contribution in [3.8, 4) is 0 Å². The third-order valence-corrected chi connectivity index (χ3v) is 4.62. The van der Waals surface area contributed by atoms with Gasteiger partial charge in [0.2, 0.25) is 0 Å². The van der Waals surface area contributed by atoms with Gasteiger partial charge in [-0.2, -0.15) is 0 Å². The Hall–Kier alpha value is -1.27. The molecule has 0 aliphatic carbocycles. The van der Waals surface area contributed by atoms with E-state index in [9.17, 15) is 9.59 Å². The van der Waals surface area contributed by atoms with Crippen molar-refractivity contribution in [1.29, 1.82) is 0 Å². The number of rotatable bonds is 1. The summed E-state index contributed by atoms with van der Waals surface area (Å²) in [5.41, 5.74) is 0.565. The Balaban J connectivity index is 2.00. The van der Waals surface area contributed by atoms with Crippen molar-refractivity contribution in [2.24, 2.45) is 0 Å². The summed E-state index contributed by atoms with van der Waals surface area (Å²) >= 11 is 9.33. The Kier molecular flexibility index (Phi) is 5.11. The van der Waals surface area contributed by atoms with Gasteiger partial charge in [0.15, 0.2) is 0 Å². The monoisotopic (exact) mass is 373 g/mol. The normalized spacial score (nSPS) is 15.0. The van der Waals surface area contributed by atoms with Gasteiger partial charge in [-0.15, -0.1) is 0 Å². The van der Waals surface area contributed by atoms with E-state index in [1.54, 1.807) is 47.0 Å². The first-order valence-electron chi connectivity index (χ1n) is 6.60. The Bertz CT molecular complexity index is 557. The van der Waals surface area contributed by atoms with E-state index in [-0.39, 0.29) is 11.9 Å². The highest BCUT2D eigenvalue weighted by atomic mass is 79.9. The van der Waals surface area contributed by atoms with Crippen LogP contribution in [-0.4, -0.2) is 66.9 Å². The summed E-state index contributed by atoms with van der Waals surface area (Å²) in [6, 6.07) is 5.15. The zero-order valence-corrected chi connectivity index (χ0v) is 14.3. The highest BCUT2D eigenvalue weighted by molar-refractivity contribution is 9.10. The molecule has 1 aromatic rings. The lowest BCUT2D eigenvalue weighted by Gasteiger charge is -2.36. The van der Waals surface area contributed by atoms with Crippen LogP contribution in [0.3, 0.4) is 0 Å². The van der Waals surface area contributed by atoms with E-state index in [4.69, 9.17) is 11.6 Å². The van der Waals surface area contributed by atoms with Crippen LogP contribution in [0.2, 0.25) is 5.02 Å². The molecule has 0 unspecified atom stereocenters. The van der Waals surface area contributed by atoms with Gasteiger partial charge in [0, 0.05) is 50.3 Å². The molecule has 0 bridgehead atoms. The zero-order chi connectivity index (χ0) is 15.6. The first kappa shape index (κ1) is 16.1. The zero-order valence-electron chi connectivity index (χ0n) is 12.0. The third-order valence-electron chi connectivity index (χ3n) is 3.39. The molecule has 21 heavy (non-hydrogen) atoms. The molecule has 0 N–H and O–H groups in total. The maximum absolute atomic E-state index is 12.4. The summed E-state index contributed by atoms with van der Waals surface area (Å²) in [5, 5.41) is 0.516. The predicted octanol–water partition coefficient (Wildman–Crippen LogP) is 2.54. The second kappa shape index (κ2) is 6.66. The van der Waals surface area contributed by atoms with Gasteiger partial charge < -0.3 is 14.7 Å². The molecular weight excluding hydrogens is 358 g/mol. The molecule has 0 saturated carbocycles. The van der Waals surface area contributed by atoms with Gasteiger partial charge in [-0.3, -0.25) is 4.79 Å². The first-order chi connectivity index (χ1) is 9.90. The first-order valence-corrected chi connectivity index (χ1v) is 7.78. The van der Waals surface area contributed by atoms with Crippen LogP contribution in [-0.2, 0) is 0 Å². The molecule has 1 aliphatic heterocycles. The van der Waals surface area contributed by atoms with Crippen molar-refractivity contribution in [2.75, 3.05) is 40.3 Å². The molecule has 1 aliphatic rings. The lowest BCUT2D eigenvalue weighted by Crippen LogP contribution is -2.52. The van der Waals surface area contributed by atoms with Crippen molar-refractivity contribution in [1.82, 2.24) is 14.7 Å². The van der Waals surface area contributed by atoms with Crippen molar-refractivity contribution in [3.05, 3.63) is 33.3 Å². The minimum absolute atomic E-state index is 0.0196. The van der Waals surface area contributed by atoms with Gasteiger partial charge in [-0.1, -0.05) is 11.6 Å². The van der Waals surface area contributed by atoms with E-state index in [0.29, 0.717) is 36.8 Å². The molecule has 1 heterocycles. The van der Waals surface area contributed by atoms with Crippen LogP contribution >= 0.6 is 27.5 Å². The number of nitrogens with zero attached hydrogens (tertiary/aromatic N) is 3. The van der Waals surface area contributed by atoms with E-state index in [1.807, 2.05) is 0 Å². The topological polar surface area (TPSA) is 43.9 Å². The van der Waals surface area contributed by atoms with E-state index >= 15 is 0 Å². The summed E-state index contributed by atoms with van der Waals surface area (Å²) in [5.74, 6) is -0.0543. The average Bonchev–Trinajstić information content (AvgIpc) is 2.48. The van der Waals surface area contributed by atoms with Crippen molar-refractivity contribution in [3.63, 3.8) is 0 Å². The van der Waals surface area contributed by atoms with E-state index < -0.39 is 0 Å². The van der Waals surface area contributed by atoms with Gasteiger partial charge in [-0.25, -0.2) is 4.79 Å². The van der Waals surface area contributed by atoms with Crippen LogP contribution in [0.25, 0.3) is 0 Å². The number of hydrogen-bond donors (Lipinski definition) is 0. The fourth-order valence-electron chi connectivity index (χ4n) is 2.20. The minimum atomic E-state index is -0.0543. The van der Waals surface area contributed by atoms with Crippen LogP contribution in [0, 0.1) is 0 Å². The maximum atomic E-state index is 12.4. The standard InChI is InChI=1S/C14H17BrClN3O2/c1-17(2)14(21)19-7-5-18(6-8-19)13(20)10-3-4-11(15)12(16)9-10/h3-4,9H,5-8H2,1-2H3. The average molecular weight is 375 g/mol. The van der Waals surface area contributed by atoms with Crippen LogP contribution < -0.4 is 0 Å². The molecule has 114 valence electrons. The van der Waals surface area contributed by atoms with Crippen LogP contribution in [0.4, 0.5) is 4.79 Å². The molecule has 7 heteroatoms.